The lowest BCUT2D eigenvalue weighted by molar-refractivity contribution is -0.142. The lowest BCUT2D eigenvalue weighted by Gasteiger charge is -2.08. The van der Waals surface area contributed by atoms with Gasteiger partial charge in [0.05, 0.1) is 26.7 Å². The third kappa shape index (κ3) is 4.25. The van der Waals surface area contributed by atoms with E-state index in [4.69, 9.17) is 4.74 Å². The van der Waals surface area contributed by atoms with Crippen LogP contribution in [-0.4, -0.2) is 21.2 Å². The second kappa shape index (κ2) is 6.15. The molecule has 2 nitrogen and oxygen atoms in total. The lowest BCUT2D eigenvalue weighted by atomic mass is 10.1. The molecule has 6 heteroatoms. The molecule has 23 heavy (non-hydrogen) atoms. The zero-order valence-electron chi connectivity index (χ0n) is 13.6. The van der Waals surface area contributed by atoms with Crippen LogP contribution in [0, 0.1) is 11.8 Å². The van der Waals surface area contributed by atoms with Crippen LogP contribution in [0.3, 0.4) is 0 Å². The average Bonchev–Trinajstić information content (AvgIpc) is 3.17. The highest BCUT2D eigenvalue weighted by Crippen LogP contribution is 2.55. The van der Waals surface area contributed by atoms with E-state index in [-0.39, 0.29) is 23.7 Å². The summed E-state index contributed by atoms with van der Waals surface area (Å²) < 4.78 is 42.8. The Bertz CT molecular complexity index is 600. The molecule has 0 aliphatic heterocycles. The van der Waals surface area contributed by atoms with Gasteiger partial charge in [-0.1, -0.05) is 43.5 Å². The molecule has 0 N–H and O–H groups in total. The summed E-state index contributed by atoms with van der Waals surface area (Å²) in [6.07, 6.45) is -2.31. The molecule has 2 rings (SSSR count). The monoisotopic (exact) mass is 342 g/mol. The van der Waals surface area contributed by atoms with Crippen molar-refractivity contribution in [2.45, 2.75) is 31.7 Å². The first-order valence-corrected chi connectivity index (χ1v) is 11.1. The number of esters is 1. The maximum absolute atomic E-state index is 12.6. The predicted octanol–water partition coefficient (Wildman–Crippen LogP) is 4.64. The Hall–Kier alpha value is -1.56. The number of rotatable bonds is 4. The van der Waals surface area contributed by atoms with Gasteiger partial charge in [0, 0.05) is 5.92 Å². The third-order valence-corrected chi connectivity index (χ3v) is 5.18. The summed E-state index contributed by atoms with van der Waals surface area (Å²) in [5.41, 5.74) is 2.24. The van der Waals surface area contributed by atoms with Gasteiger partial charge in [0.2, 0.25) is 0 Å². The molecule has 1 aliphatic rings. The van der Waals surface area contributed by atoms with Gasteiger partial charge in [-0.25, -0.2) is 0 Å². The molecule has 0 heterocycles. The molecule has 0 spiro atoms. The molecule has 0 amide bonds. The number of allylic oxidation sites excluding steroid dienone is 1. The molecule has 1 saturated carbocycles. The smallest absolute Gasteiger partial charge is 0.416 e. The minimum Gasteiger partial charge on any atom is -0.469 e. The molecular weight excluding hydrogens is 321 g/mol. The van der Waals surface area contributed by atoms with E-state index in [1.54, 1.807) is 0 Å². The number of alkyl halides is 3. The highest BCUT2D eigenvalue weighted by Gasteiger charge is 2.54. The van der Waals surface area contributed by atoms with Crippen molar-refractivity contribution in [1.29, 1.82) is 0 Å². The van der Waals surface area contributed by atoms with Crippen LogP contribution in [0.5, 0.6) is 0 Å². The zero-order valence-corrected chi connectivity index (χ0v) is 14.6. The van der Waals surface area contributed by atoms with Crippen molar-refractivity contribution in [3.05, 3.63) is 47.2 Å². The molecule has 0 bridgehead atoms. The van der Waals surface area contributed by atoms with E-state index in [9.17, 15) is 18.0 Å². The first-order valence-electron chi connectivity index (χ1n) is 7.49. The van der Waals surface area contributed by atoms with Crippen LogP contribution in [0.25, 0.3) is 0 Å². The Balaban J connectivity index is 2.22. The molecule has 1 aliphatic carbocycles. The Morgan fingerprint density at radius 2 is 1.74 bits per heavy atom. The average molecular weight is 342 g/mol. The van der Waals surface area contributed by atoms with Crippen molar-refractivity contribution in [1.82, 2.24) is 0 Å². The molecule has 1 aromatic rings. The van der Waals surface area contributed by atoms with Gasteiger partial charge in [0.25, 0.3) is 0 Å². The summed E-state index contributed by atoms with van der Waals surface area (Å²) in [6.45, 7) is 6.56. The predicted molar refractivity (Wildman–Crippen MR) is 85.7 cm³/mol. The second-order valence-electron chi connectivity index (χ2n) is 7.00. The summed E-state index contributed by atoms with van der Waals surface area (Å²) in [5, 5.41) is 0. The third-order valence-electron chi connectivity index (χ3n) is 3.99. The van der Waals surface area contributed by atoms with Crippen molar-refractivity contribution in [2.75, 3.05) is 7.11 Å². The SMILES string of the molecule is COC(=O)[C@H]1[C@@H](/C=C/[Si](C)(C)C)[C@@H]1c1ccc(C(F)(F)F)cc1. The summed E-state index contributed by atoms with van der Waals surface area (Å²) in [4.78, 5) is 11.9. The van der Waals surface area contributed by atoms with E-state index in [0.717, 1.165) is 17.7 Å². The highest BCUT2D eigenvalue weighted by atomic mass is 28.3. The van der Waals surface area contributed by atoms with Crippen molar-refractivity contribution in [3.8, 4) is 0 Å². The van der Waals surface area contributed by atoms with E-state index in [2.05, 4.69) is 25.3 Å². The van der Waals surface area contributed by atoms with Crippen molar-refractivity contribution < 1.29 is 22.7 Å². The van der Waals surface area contributed by atoms with Crippen LogP contribution in [0.15, 0.2) is 36.0 Å². The van der Waals surface area contributed by atoms with E-state index in [1.165, 1.54) is 19.2 Å². The Morgan fingerprint density at radius 1 is 1.17 bits per heavy atom. The Kier molecular flexibility index (Phi) is 4.75. The fourth-order valence-corrected chi connectivity index (χ4v) is 3.54. The van der Waals surface area contributed by atoms with Gasteiger partial charge >= 0.3 is 12.1 Å². The van der Waals surface area contributed by atoms with E-state index in [0.29, 0.717) is 0 Å². The summed E-state index contributed by atoms with van der Waals surface area (Å²) in [7, 11) is -0.0633. The fraction of sp³-hybridized carbons (Fsp3) is 0.471. The van der Waals surface area contributed by atoms with Crippen LogP contribution in [0.4, 0.5) is 13.2 Å². The van der Waals surface area contributed by atoms with Gasteiger partial charge in [0.1, 0.15) is 0 Å². The highest BCUT2D eigenvalue weighted by molar-refractivity contribution is 6.80. The minimum absolute atomic E-state index is 0.00547. The lowest BCUT2D eigenvalue weighted by Crippen LogP contribution is -2.15. The van der Waals surface area contributed by atoms with Crippen LogP contribution in [-0.2, 0) is 15.7 Å². The maximum atomic E-state index is 12.6. The largest absolute Gasteiger partial charge is 0.469 e. The van der Waals surface area contributed by atoms with E-state index >= 15 is 0 Å². The molecular formula is C17H21F3O2Si. The standard InChI is InChI=1S/C17H21F3O2Si/c1-22-16(21)15-13(9-10-23(2,3)4)14(15)11-5-7-12(8-6-11)17(18,19)20/h5-10,13-15H,1-4H3/b10-9+/t13-,14-,15-/m0/s1. The Morgan fingerprint density at radius 3 is 2.17 bits per heavy atom. The number of halogens is 3. The number of methoxy groups -OCH3 is 1. The normalized spacial score (nSPS) is 24.7. The summed E-state index contributed by atoms with van der Waals surface area (Å²) in [5.74, 6) is -0.701. The van der Waals surface area contributed by atoms with Gasteiger partial charge in [0.15, 0.2) is 0 Å². The number of carbonyl (C=O) groups is 1. The maximum Gasteiger partial charge on any atom is 0.416 e. The van der Waals surface area contributed by atoms with Crippen LogP contribution < -0.4 is 0 Å². The molecule has 1 fully saturated rings. The van der Waals surface area contributed by atoms with Gasteiger partial charge in [-0.2, -0.15) is 13.2 Å². The molecule has 0 unspecified atom stereocenters. The summed E-state index contributed by atoms with van der Waals surface area (Å²) >= 11 is 0. The van der Waals surface area contributed by atoms with Crippen LogP contribution >= 0.6 is 0 Å². The first kappa shape index (κ1) is 17.8. The number of ether oxygens (including phenoxy) is 1. The van der Waals surface area contributed by atoms with Crippen molar-refractivity contribution >= 4 is 14.0 Å². The van der Waals surface area contributed by atoms with E-state index in [1.807, 2.05) is 6.08 Å². The molecule has 1 aromatic carbocycles. The van der Waals surface area contributed by atoms with Crippen LogP contribution in [0.1, 0.15) is 17.0 Å². The molecule has 0 radical (unpaired) electrons. The quantitative estimate of drug-likeness (QED) is 0.588. The van der Waals surface area contributed by atoms with Crippen LogP contribution in [0.2, 0.25) is 19.6 Å². The number of hydrogen-bond donors (Lipinski definition) is 0. The topological polar surface area (TPSA) is 26.3 Å². The number of hydrogen-bond acceptors (Lipinski definition) is 2. The summed E-state index contributed by atoms with van der Waals surface area (Å²) in [6, 6.07) is 5.07. The fourth-order valence-electron chi connectivity index (χ4n) is 2.74. The number of carbonyl (C=O) groups excluding carboxylic acids is 1. The molecule has 3 atom stereocenters. The van der Waals surface area contributed by atoms with Gasteiger partial charge < -0.3 is 4.74 Å². The molecule has 0 aromatic heterocycles. The zero-order chi connectivity index (χ0) is 17.4. The molecule has 126 valence electrons. The molecule has 0 saturated heterocycles. The Labute approximate surface area is 135 Å². The van der Waals surface area contributed by atoms with Gasteiger partial charge in [-0.3, -0.25) is 4.79 Å². The van der Waals surface area contributed by atoms with Gasteiger partial charge in [-0.15, -0.1) is 0 Å². The minimum atomic E-state index is -4.35. The number of benzene rings is 1. The van der Waals surface area contributed by atoms with Gasteiger partial charge in [-0.05, 0) is 23.6 Å². The van der Waals surface area contributed by atoms with Crippen molar-refractivity contribution in [2.24, 2.45) is 11.8 Å². The van der Waals surface area contributed by atoms with E-state index < -0.39 is 19.8 Å². The van der Waals surface area contributed by atoms with Crippen molar-refractivity contribution in [3.63, 3.8) is 0 Å². The first-order chi connectivity index (χ1) is 10.5. The second-order valence-corrected chi connectivity index (χ2v) is 12.1.